The van der Waals surface area contributed by atoms with E-state index in [0.29, 0.717) is 25.7 Å². The highest BCUT2D eigenvalue weighted by molar-refractivity contribution is 6.01. The van der Waals surface area contributed by atoms with Gasteiger partial charge in [-0.05, 0) is 75.9 Å². The summed E-state index contributed by atoms with van der Waals surface area (Å²) in [5.41, 5.74) is -0.977. The van der Waals surface area contributed by atoms with Gasteiger partial charge in [0.15, 0.2) is 17.2 Å². The Morgan fingerprint density at radius 3 is 2.68 bits per heavy atom. The first-order valence-corrected chi connectivity index (χ1v) is 11.9. The Morgan fingerprint density at radius 2 is 2.00 bits per heavy atom. The van der Waals surface area contributed by atoms with E-state index in [2.05, 4.69) is 13.8 Å². The van der Waals surface area contributed by atoms with Crippen molar-refractivity contribution in [2.75, 3.05) is 0 Å². The lowest BCUT2D eigenvalue weighted by molar-refractivity contribution is -0.228. The topological polar surface area (TPSA) is 80.7 Å². The molecule has 7 atom stereocenters. The van der Waals surface area contributed by atoms with E-state index >= 15 is 0 Å². The third-order valence-corrected chi connectivity index (χ3v) is 9.16. The zero-order chi connectivity index (χ0) is 22.6. The van der Waals surface area contributed by atoms with Gasteiger partial charge in [-0.2, -0.15) is 0 Å². The van der Waals surface area contributed by atoms with Crippen LogP contribution in [0.15, 0.2) is 23.8 Å². The molecular formula is C26H36O5. The molecule has 0 heterocycles. The second kappa shape index (κ2) is 7.68. The molecule has 0 saturated heterocycles. The minimum absolute atomic E-state index is 0.00373. The van der Waals surface area contributed by atoms with E-state index < -0.39 is 17.1 Å². The number of aliphatic hydroxyl groups is 1. The van der Waals surface area contributed by atoms with Crippen LogP contribution in [0.25, 0.3) is 0 Å². The summed E-state index contributed by atoms with van der Waals surface area (Å²) in [7, 11) is 0. The number of hydrogen-bond donors (Lipinski definition) is 1. The maximum atomic E-state index is 13.1. The van der Waals surface area contributed by atoms with Gasteiger partial charge in [0.05, 0.1) is 6.10 Å². The Balaban J connectivity index is 1.75. The largest absolute Gasteiger partial charge is 0.450 e. The zero-order valence-corrected chi connectivity index (χ0v) is 19.3. The van der Waals surface area contributed by atoms with E-state index in [1.807, 2.05) is 13.0 Å². The predicted molar refractivity (Wildman–Crippen MR) is 117 cm³/mol. The van der Waals surface area contributed by atoms with Crippen molar-refractivity contribution in [3.8, 4) is 0 Å². The van der Waals surface area contributed by atoms with Gasteiger partial charge in [-0.1, -0.05) is 32.4 Å². The van der Waals surface area contributed by atoms with Gasteiger partial charge in [0.2, 0.25) is 0 Å². The van der Waals surface area contributed by atoms with Crippen LogP contribution < -0.4 is 0 Å². The number of ether oxygens (including phenoxy) is 1. The highest BCUT2D eigenvalue weighted by Gasteiger charge is 2.67. The smallest absolute Gasteiger partial charge is 0.306 e. The summed E-state index contributed by atoms with van der Waals surface area (Å²) in [5, 5.41) is 11.5. The molecule has 31 heavy (non-hydrogen) atoms. The first-order chi connectivity index (χ1) is 14.6. The second-order valence-electron chi connectivity index (χ2n) is 10.7. The highest BCUT2D eigenvalue weighted by atomic mass is 16.6. The van der Waals surface area contributed by atoms with Crippen LogP contribution in [0.3, 0.4) is 0 Å². The number of ketones is 2. The first-order valence-electron chi connectivity index (χ1n) is 11.9. The molecular weight excluding hydrogens is 392 g/mol. The van der Waals surface area contributed by atoms with Crippen molar-refractivity contribution in [1.82, 2.24) is 0 Å². The molecule has 5 heteroatoms. The third-order valence-electron chi connectivity index (χ3n) is 9.16. The molecule has 170 valence electrons. The molecule has 4 aliphatic rings. The van der Waals surface area contributed by atoms with Crippen molar-refractivity contribution in [3.05, 3.63) is 23.8 Å². The number of carbonyl (C=O) groups excluding carboxylic acids is 3. The number of carbonyl (C=O) groups is 3. The molecule has 1 unspecified atom stereocenters. The van der Waals surface area contributed by atoms with E-state index in [4.69, 9.17) is 4.74 Å². The molecule has 0 radical (unpaired) electrons. The minimum atomic E-state index is -1.16. The summed E-state index contributed by atoms with van der Waals surface area (Å²) in [6, 6.07) is 0. The molecule has 0 aromatic heterocycles. The van der Waals surface area contributed by atoms with Crippen LogP contribution in [0, 0.1) is 28.6 Å². The van der Waals surface area contributed by atoms with Crippen LogP contribution >= 0.6 is 0 Å². The number of hydrogen-bond acceptors (Lipinski definition) is 5. The van der Waals surface area contributed by atoms with Gasteiger partial charge in [-0.25, -0.2) is 0 Å². The van der Waals surface area contributed by atoms with Gasteiger partial charge in [0.25, 0.3) is 0 Å². The van der Waals surface area contributed by atoms with Gasteiger partial charge in [-0.15, -0.1) is 0 Å². The normalized spacial score (nSPS) is 43.9. The maximum absolute atomic E-state index is 13.1. The number of Topliss-reactive ketones (excluding diaryl/α,β-unsaturated/α-hetero) is 1. The van der Waals surface area contributed by atoms with Crippen molar-refractivity contribution in [2.24, 2.45) is 28.6 Å². The first kappa shape index (κ1) is 22.4. The Kier molecular flexibility index (Phi) is 5.56. The Labute approximate surface area is 185 Å². The Hall–Kier alpha value is -1.75. The summed E-state index contributed by atoms with van der Waals surface area (Å²) in [6.45, 7) is 7.69. The SMILES string of the molecule is CCCC(=O)O[C@@]1(C(C)=O)CCC[C@H]2[C@@H]3CCC4=CC(=O)C=CC4(C)[C@H]3[C@@H](O)C[C@]21C. The standard InChI is InChI=1S/C26H36O5/c1-5-7-22(30)31-26(16(2)27)12-6-8-20-19-10-9-17-14-18(28)11-13-24(17,3)23(19)21(29)15-25(20,26)4/h11,13-14,19-21,23,29H,5-10,12,15H2,1-4H3/t19-,20-,21-,23+,24?,25+,26+/m0/s1. The van der Waals surface area contributed by atoms with E-state index in [1.54, 1.807) is 19.1 Å². The monoisotopic (exact) mass is 428 g/mol. The van der Waals surface area contributed by atoms with Crippen LogP contribution in [0.2, 0.25) is 0 Å². The third kappa shape index (κ3) is 3.18. The fraction of sp³-hybridized carbons (Fsp3) is 0.731. The summed E-state index contributed by atoms with van der Waals surface area (Å²) >= 11 is 0. The van der Waals surface area contributed by atoms with Crippen LogP contribution in [0.5, 0.6) is 0 Å². The Morgan fingerprint density at radius 1 is 1.26 bits per heavy atom. The number of allylic oxidation sites excluding steroid dienone is 4. The lowest BCUT2D eigenvalue weighted by Gasteiger charge is -2.64. The summed E-state index contributed by atoms with van der Waals surface area (Å²) in [6.07, 6.45) is 10.2. The molecule has 3 saturated carbocycles. The molecule has 4 rings (SSSR count). The van der Waals surface area contributed by atoms with E-state index in [-0.39, 0.29) is 40.7 Å². The number of fused-ring (bicyclic) bond motifs is 5. The quantitative estimate of drug-likeness (QED) is 0.674. The summed E-state index contributed by atoms with van der Waals surface area (Å²) in [4.78, 5) is 37.7. The van der Waals surface area contributed by atoms with E-state index in [1.165, 1.54) is 0 Å². The fourth-order valence-electron chi connectivity index (χ4n) is 7.79. The fourth-order valence-corrected chi connectivity index (χ4v) is 7.79. The van der Waals surface area contributed by atoms with Crippen molar-refractivity contribution >= 4 is 17.5 Å². The van der Waals surface area contributed by atoms with Crippen molar-refractivity contribution < 1.29 is 24.2 Å². The van der Waals surface area contributed by atoms with Crippen LogP contribution in [-0.4, -0.2) is 34.3 Å². The van der Waals surface area contributed by atoms with E-state index in [0.717, 1.165) is 31.3 Å². The lowest BCUT2D eigenvalue weighted by Crippen LogP contribution is -2.67. The zero-order valence-electron chi connectivity index (χ0n) is 19.3. The molecule has 1 N–H and O–H groups in total. The molecule has 5 nitrogen and oxygen atoms in total. The van der Waals surface area contributed by atoms with Gasteiger partial charge in [-0.3, -0.25) is 14.4 Å². The van der Waals surface area contributed by atoms with E-state index in [9.17, 15) is 19.5 Å². The van der Waals surface area contributed by atoms with Crippen LogP contribution in [0.4, 0.5) is 0 Å². The van der Waals surface area contributed by atoms with Crippen molar-refractivity contribution in [1.29, 1.82) is 0 Å². The van der Waals surface area contributed by atoms with Gasteiger partial charge >= 0.3 is 5.97 Å². The minimum Gasteiger partial charge on any atom is -0.450 e. The van der Waals surface area contributed by atoms with Crippen LogP contribution in [0.1, 0.15) is 79.1 Å². The summed E-state index contributed by atoms with van der Waals surface area (Å²) < 4.78 is 6.06. The molecule has 0 aromatic rings. The highest BCUT2D eigenvalue weighted by Crippen LogP contribution is 2.66. The molecule has 0 aromatic carbocycles. The lowest BCUT2D eigenvalue weighted by atomic mass is 9.41. The molecule has 0 bridgehead atoms. The average molecular weight is 429 g/mol. The van der Waals surface area contributed by atoms with Gasteiger partial charge in [0.1, 0.15) is 0 Å². The summed E-state index contributed by atoms with van der Waals surface area (Å²) in [5.74, 6) is 0.0301. The molecule has 4 aliphatic carbocycles. The molecule has 0 spiro atoms. The van der Waals surface area contributed by atoms with Gasteiger partial charge in [0, 0.05) is 23.2 Å². The van der Waals surface area contributed by atoms with Crippen molar-refractivity contribution in [2.45, 2.75) is 90.8 Å². The Bertz CT molecular complexity index is 856. The molecule has 0 amide bonds. The predicted octanol–water partition coefficient (Wildman–Crippen LogP) is 4.33. The number of aliphatic hydroxyl groups excluding tert-OH is 1. The number of esters is 1. The average Bonchev–Trinajstić information content (AvgIpc) is 2.68. The van der Waals surface area contributed by atoms with Crippen molar-refractivity contribution in [3.63, 3.8) is 0 Å². The van der Waals surface area contributed by atoms with Gasteiger partial charge < -0.3 is 9.84 Å². The maximum Gasteiger partial charge on any atom is 0.306 e. The molecule has 3 fully saturated rings. The number of rotatable bonds is 4. The molecule has 0 aliphatic heterocycles. The second-order valence-corrected chi connectivity index (χ2v) is 10.7. The van der Waals surface area contributed by atoms with Crippen LogP contribution in [-0.2, 0) is 19.1 Å².